The van der Waals surface area contributed by atoms with Gasteiger partial charge in [0.25, 0.3) is 0 Å². The molecule has 0 aliphatic heterocycles. The third-order valence-corrected chi connectivity index (χ3v) is 3.44. The summed E-state index contributed by atoms with van der Waals surface area (Å²) in [5.41, 5.74) is 1.22. The molecule has 0 aliphatic carbocycles. The monoisotopic (exact) mass is 345 g/mol. The molecule has 134 valence electrons. The van der Waals surface area contributed by atoms with Crippen LogP contribution in [0.25, 0.3) is 0 Å². The fraction of sp³-hybridized carbons (Fsp3) is 0.263. The number of nitrogens with one attached hydrogen (secondary N) is 1. The summed E-state index contributed by atoms with van der Waals surface area (Å²) < 4.78 is 6.13. The molecule has 3 N–H and O–H groups in total. The second kappa shape index (κ2) is 10.8. The minimum atomic E-state index is -1.82. The van der Waals surface area contributed by atoms with Crippen molar-refractivity contribution in [3.63, 3.8) is 0 Å². The molecular formula is C19H23NO5. The lowest BCUT2D eigenvalue weighted by Gasteiger charge is -2.22. The van der Waals surface area contributed by atoms with E-state index in [9.17, 15) is 0 Å². The van der Waals surface area contributed by atoms with Gasteiger partial charge in [0, 0.05) is 12.5 Å². The van der Waals surface area contributed by atoms with E-state index in [2.05, 4.69) is 36.5 Å². The van der Waals surface area contributed by atoms with Gasteiger partial charge in [0.15, 0.2) is 0 Å². The quantitative estimate of drug-likeness (QED) is 0.697. The van der Waals surface area contributed by atoms with Crippen LogP contribution in [-0.2, 0) is 9.59 Å². The highest BCUT2D eigenvalue weighted by Gasteiger charge is 2.16. The zero-order chi connectivity index (χ0) is 18.7. The maximum absolute atomic E-state index is 9.10. The molecule has 0 spiro atoms. The van der Waals surface area contributed by atoms with E-state index >= 15 is 0 Å². The maximum atomic E-state index is 9.10. The first-order chi connectivity index (χ1) is 11.9. The molecule has 2 aromatic rings. The van der Waals surface area contributed by atoms with Crippen LogP contribution in [0.1, 0.15) is 25.0 Å². The summed E-state index contributed by atoms with van der Waals surface area (Å²) in [6.07, 6.45) is 1.01. The number of hydrogen-bond donors (Lipinski definition) is 3. The van der Waals surface area contributed by atoms with Crippen LogP contribution in [0, 0.1) is 0 Å². The molecule has 0 saturated heterocycles. The number of carboxylic acids is 2. The smallest absolute Gasteiger partial charge is 0.414 e. The lowest BCUT2D eigenvalue weighted by Crippen LogP contribution is -2.25. The van der Waals surface area contributed by atoms with E-state index in [0.29, 0.717) is 6.04 Å². The molecule has 0 radical (unpaired) electrons. The lowest BCUT2D eigenvalue weighted by molar-refractivity contribution is -0.159. The predicted molar refractivity (Wildman–Crippen MR) is 94.7 cm³/mol. The van der Waals surface area contributed by atoms with Gasteiger partial charge in [-0.05, 0) is 31.7 Å². The first-order valence-corrected chi connectivity index (χ1v) is 7.84. The van der Waals surface area contributed by atoms with Gasteiger partial charge in [0.2, 0.25) is 0 Å². The molecule has 2 unspecified atom stereocenters. The van der Waals surface area contributed by atoms with Crippen LogP contribution in [0.5, 0.6) is 5.75 Å². The second-order valence-electron chi connectivity index (χ2n) is 5.37. The van der Waals surface area contributed by atoms with Gasteiger partial charge >= 0.3 is 11.9 Å². The fourth-order valence-corrected chi connectivity index (χ4v) is 2.02. The van der Waals surface area contributed by atoms with Gasteiger partial charge in [-0.3, -0.25) is 0 Å². The first kappa shape index (κ1) is 20.2. The highest BCUT2D eigenvalue weighted by atomic mass is 16.5. The Labute approximate surface area is 147 Å². The van der Waals surface area contributed by atoms with E-state index in [1.54, 1.807) is 0 Å². The molecule has 2 atom stereocenters. The number of para-hydroxylation sites is 1. The Bertz CT molecular complexity index is 633. The number of benzene rings is 2. The summed E-state index contributed by atoms with van der Waals surface area (Å²) >= 11 is 0. The molecule has 0 aromatic heterocycles. The molecule has 0 saturated carbocycles. The molecule has 2 rings (SSSR count). The van der Waals surface area contributed by atoms with Crippen molar-refractivity contribution in [1.82, 2.24) is 5.32 Å². The van der Waals surface area contributed by atoms with Gasteiger partial charge in [-0.15, -0.1) is 0 Å². The molecule has 0 fully saturated rings. The van der Waals surface area contributed by atoms with Crippen LogP contribution >= 0.6 is 0 Å². The molecule has 0 bridgehead atoms. The third kappa shape index (κ3) is 7.99. The number of carboxylic acid groups (broad SMARTS) is 2. The number of hydrogen-bond acceptors (Lipinski definition) is 4. The average molecular weight is 345 g/mol. The summed E-state index contributed by atoms with van der Waals surface area (Å²) in [6, 6.07) is 20.8. The molecule has 25 heavy (non-hydrogen) atoms. The van der Waals surface area contributed by atoms with Gasteiger partial charge in [-0.2, -0.15) is 0 Å². The van der Waals surface area contributed by atoms with E-state index in [4.69, 9.17) is 24.5 Å². The van der Waals surface area contributed by atoms with Crippen LogP contribution in [0.3, 0.4) is 0 Å². The van der Waals surface area contributed by atoms with Crippen molar-refractivity contribution < 1.29 is 24.5 Å². The van der Waals surface area contributed by atoms with Crippen molar-refractivity contribution in [2.45, 2.75) is 25.5 Å². The molecule has 6 heteroatoms. The molecule has 2 aromatic carbocycles. The van der Waals surface area contributed by atoms with Gasteiger partial charge < -0.3 is 20.3 Å². The summed E-state index contributed by atoms with van der Waals surface area (Å²) in [7, 11) is 1.98. The molecular weight excluding hydrogens is 322 g/mol. The Hall–Kier alpha value is -2.86. The van der Waals surface area contributed by atoms with Gasteiger partial charge in [0.1, 0.15) is 11.9 Å². The van der Waals surface area contributed by atoms with Crippen LogP contribution in [0.15, 0.2) is 60.7 Å². The minimum absolute atomic E-state index is 0.0750. The number of aliphatic carboxylic acids is 2. The second-order valence-corrected chi connectivity index (χ2v) is 5.37. The maximum Gasteiger partial charge on any atom is 0.414 e. The summed E-state index contributed by atoms with van der Waals surface area (Å²) in [5.74, 6) is -2.73. The van der Waals surface area contributed by atoms with Gasteiger partial charge in [-0.25, -0.2) is 9.59 Å². The number of ether oxygens (including phenoxy) is 1. The van der Waals surface area contributed by atoms with E-state index in [1.807, 2.05) is 43.4 Å². The largest absolute Gasteiger partial charge is 0.486 e. The van der Waals surface area contributed by atoms with Crippen LogP contribution in [0.2, 0.25) is 0 Å². The number of rotatable bonds is 6. The minimum Gasteiger partial charge on any atom is -0.486 e. The molecule has 0 amide bonds. The fourth-order valence-electron chi connectivity index (χ4n) is 2.02. The van der Waals surface area contributed by atoms with E-state index in [0.717, 1.165) is 12.2 Å². The summed E-state index contributed by atoms with van der Waals surface area (Å²) in [6.45, 7) is 2.17. The van der Waals surface area contributed by atoms with Crippen LogP contribution in [-0.4, -0.2) is 35.2 Å². The zero-order valence-corrected chi connectivity index (χ0v) is 14.3. The summed E-state index contributed by atoms with van der Waals surface area (Å²) in [5, 5.41) is 18.1. The van der Waals surface area contributed by atoms with Gasteiger partial charge in [-0.1, -0.05) is 48.5 Å². The Morgan fingerprint density at radius 3 is 1.88 bits per heavy atom. The summed E-state index contributed by atoms with van der Waals surface area (Å²) in [4.78, 5) is 18.2. The Morgan fingerprint density at radius 2 is 1.44 bits per heavy atom. The third-order valence-electron chi connectivity index (χ3n) is 3.44. The van der Waals surface area contributed by atoms with Crippen LogP contribution in [0.4, 0.5) is 0 Å². The SMILES string of the molecule is CNC(C)CC(Oc1ccccc1)c1ccccc1.O=C(O)C(=O)O. The first-order valence-electron chi connectivity index (χ1n) is 7.84. The van der Waals surface area contributed by atoms with Crippen molar-refractivity contribution in [2.75, 3.05) is 7.05 Å². The molecule has 6 nitrogen and oxygen atoms in total. The Balaban J connectivity index is 0.000000450. The predicted octanol–water partition coefficient (Wildman–Crippen LogP) is 2.96. The normalized spacial score (nSPS) is 12.2. The zero-order valence-electron chi connectivity index (χ0n) is 14.3. The molecule has 0 heterocycles. The van der Waals surface area contributed by atoms with E-state index in [1.165, 1.54) is 5.56 Å². The van der Waals surface area contributed by atoms with Crippen molar-refractivity contribution in [1.29, 1.82) is 0 Å². The van der Waals surface area contributed by atoms with Crippen molar-refractivity contribution in [3.8, 4) is 5.75 Å². The Morgan fingerprint density at radius 1 is 0.960 bits per heavy atom. The standard InChI is InChI=1S/C17H21NO.C2H2O4/c1-14(18-2)13-17(15-9-5-3-6-10-15)19-16-11-7-4-8-12-16;3-1(4)2(5)6/h3-12,14,17-18H,13H2,1-2H3;(H,3,4)(H,5,6). The lowest BCUT2D eigenvalue weighted by atomic mass is 10.0. The van der Waals surface area contributed by atoms with Crippen molar-refractivity contribution >= 4 is 11.9 Å². The Kier molecular flexibility index (Phi) is 8.74. The van der Waals surface area contributed by atoms with Crippen LogP contribution < -0.4 is 10.1 Å². The highest BCUT2D eigenvalue weighted by Crippen LogP contribution is 2.25. The topological polar surface area (TPSA) is 95.9 Å². The van der Waals surface area contributed by atoms with Crippen molar-refractivity contribution in [3.05, 3.63) is 66.2 Å². The number of carbonyl (C=O) groups is 2. The van der Waals surface area contributed by atoms with Gasteiger partial charge in [0.05, 0.1) is 0 Å². The van der Waals surface area contributed by atoms with E-state index < -0.39 is 11.9 Å². The molecule has 0 aliphatic rings. The van der Waals surface area contributed by atoms with Crippen molar-refractivity contribution in [2.24, 2.45) is 0 Å². The average Bonchev–Trinajstić information content (AvgIpc) is 2.63. The highest BCUT2D eigenvalue weighted by molar-refractivity contribution is 6.27. The van der Waals surface area contributed by atoms with E-state index in [-0.39, 0.29) is 6.10 Å².